The van der Waals surface area contributed by atoms with E-state index in [4.69, 9.17) is 10.6 Å². The summed E-state index contributed by atoms with van der Waals surface area (Å²) in [5, 5.41) is 0. The van der Waals surface area contributed by atoms with Crippen molar-refractivity contribution < 1.29 is 4.74 Å². The molecule has 0 radical (unpaired) electrons. The van der Waals surface area contributed by atoms with E-state index >= 15 is 0 Å². The van der Waals surface area contributed by atoms with Crippen LogP contribution < -0.4 is 16.0 Å². The minimum atomic E-state index is 0.500. The summed E-state index contributed by atoms with van der Waals surface area (Å²) in [7, 11) is 2.12. The number of ether oxygens (including phenoxy) is 1. The molecular formula is C10H17N5O. The molecule has 88 valence electrons. The Bertz CT molecular complexity index is 342. The van der Waals surface area contributed by atoms with Crippen molar-refractivity contribution in [2.24, 2.45) is 5.84 Å². The summed E-state index contributed by atoms with van der Waals surface area (Å²) in [5.41, 5.74) is 2.43. The highest BCUT2D eigenvalue weighted by Gasteiger charge is 2.25. The maximum absolute atomic E-state index is 5.49. The summed E-state index contributed by atoms with van der Waals surface area (Å²) in [4.78, 5) is 10.4. The largest absolute Gasteiger partial charge is 0.475 e. The zero-order valence-electron chi connectivity index (χ0n) is 9.39. The van der Waals surface area contributed by atoms with Crippen molar-refractivity contribution in [1.82, 2.24) is 14.9 Å². The Balaban J connectivity index is 1.75. The molecule has 1 saturated carbocycles. The molecular weight excluding hydrogens is 206 g/mol. The van der Waals surface area contributed by atoms with Gasteiger partial charge in [-0.25, -0.2) is 5.84 Å². The number of hydrazine groups is 1. The second kappa shape index (κ2) is 5.09. The molecule has 1 aliphatic rings. The van der Waals surface area contributed by atoms with Gasteiger partial charge in [-0.05, 0) is 19.9 Å². The first-order chi connectivity index (χ1) is 7.79. The molecule has 1 aromatic rings. The zero-order valence-corrected chi connectivity index (χ0v) is 9.39. The Hall–Kier alpha value is -1.40. The van der Waals surface area contributed by atoms with Gasteiger partial charge in [0.05, 0.1) is 12.4 Å². The average Bonchev–Trinajstić information content (AvgIpc) is 3.13. The SMILES string of the molecule is CN(CCOc1cncc(NN)n1)C1CC1. The van der Waals surface area contributed by atoms with Crippen LogP contribution in [0, 0.1) is 0 Å². The van der Waals surface area contributed by atoms with E-state index in [1.807, 2.05) is 0 Å². The van der Waals surface area contributed by atoms with Crippen molar-refractivity contribution in [3.8, 4) is 5.88 Å². The second-order valence-electron chi connectivity index (χ2n) is 3.95. The Kier molecular flexibility index (Phi) is 3.53. The minimum absolute atomic E-state index is 0.500. The predicted octanol–water partition coefficient (Wildman–Crippen LogP) is 0.235. The van der Waals surface area contributed by atoms with Crippen molar-refractivity contribution in [1.29, 1.82) is 0 Å². The van der Waals surface area contributed by atoms with Crippen molar-refractivity contribution in [2.45, 2.75) is 18.9 Å². The normalized spacial score (nSPS) is 15.2. The van der Waals surface area contributed by atoms with Crippen LogP contribution in [0.2, 0.25) is 0 Å². The highest BCUT2D eigenvalue weighted by molar-refractivity contribution is 5.31. The average molecular weight is 223 g/mol. The standard InChI is InChI=1S/C10H17N5O/c1-15(8-2-3-8)4-5-16-10-7-12-6-9(13-10)14-11/h6-8H,2-5,11H2,1H3,(H,13,14). The summed E-state index contributed by atoms with van der Waals surface area (Å²) in [6.07, 6.45) is 5.74. The van der Waals surface area contributed by atoms with Crippen LogP contribution in [0.25, 0.3) is 0 Å². The summed E-state index contributed by atoms with van der Waals surface area (Å²) >= 11 is 0. The van der Waals surface area contributed by atoms with Crippen molar-refractivity contribution >= 4 is 5.82 Å². The van der Waals surface area contributed by atoms with Crippen LogP contribution >= 0.6 is 0 Å². The molecule has 0 aliphatic heterocycles. The summed E-state index contributed by atoms with van der Waals surface area (Å²) in [6, 6.07) is 0.756. The van der Waals surface area contributed by atoms with E-state index < -0.39 is 0 Å². The number of nitrogens with one attached hydrogen (secondary N) is 1. The second-order valence-corrected chi connectivity index (χ2v) is 3.95. The van der Waals surface area contributed by atoms with E-state index in [0.717, 1.165) is 12.6 Å². The molecule has 0 amide bonds. The zero-order chi connectivity index (χ0) is 11.4. The summed E-state index contributed by atoms with van der Waals surface area (Å²) in [6.45, 7) is 1.53. The fourth-order valence-corrected chi connectivity index (χ4v) is 1.48. The quantitative estimate of drug-likeness (QED) is 0.531. The Morgan fingerprint density at radius 1 is 1.56 bits per heavy atom. The van der Waals surface area contributed by atoms with Gasteiger partial charge in [-0.1, -0.05) is 0 Å². The van der Waals surface area contributed by atoms with Crippen LogP contribution in [0.15, 0.2) is 12.4 Å². The van der Waals surface area contributed by atoms with E-state index in [2.05, 4.69) is 27.3 Å². The molecule has 1 aliphatic carbocycles. The highest BCUT2D eigenvalue weighted by atomic mass is 16.5. The van der Waals surface area contributed by atoms with Crippen LogP contribution in [0.4, 0.5) is 5.82 Å². The van der Waals surface area contributed by atoms with Gasteiger partial charge in [0.15, 0.2) is 5.82 Å². The number of aromatic nitrogens is 2. The molecule has 0 atom stereocenters. The molecule has 3 N–H and O–H groups in total. The van der Waals surface area contributed by atoms with Crippen LogP contribution in [0.1, 0.15) is 12.8 Å². The van der Waals surface area contributed by atoms with E-state index in [0.29, 0.717) is 18.3 Å². The first-order valence-corrected chi connectivity index (χ1v) is 5.41. The smallest absolute Gasteiger partial charge is 0.234 e. The van der Waals surface area contributed by atoms with E-state index in [1.54, 1.807) is 12.4 Å². The lowest BCUT2D eigenvalue weighted by atomic mass is 10.5. The Labute approximate surface area is 94.8 Å². The third-order valence-electron chi connectivity index (χ3n) is 2.62. The molecule has 6 heteroatoms. The molecule has 1 heterocycles. The van der Waals surface area contributed by atoms with Crippen LogP contribution in [-0.4, -0.2) is 41.1 Å². The number of nitrogen functional groups attached to an aromatic ring is 1. The number of anilines is 1. The fraction of sp³-hybridized carbons (Fsp3) is 0.600. The number of rotatable bonds is 6. The van der Waals surface area contributed by atoms with Crippen molar-refractivity contribution in [3.05, 3.63) is 12.4 Å². The van der Waals surface area contributed by atoms with Crippen LogP contribution in [0.5, 0.6) is 5.88 Å². The third kappa shape index (κ3) is 3.04. The first kappa shape index (κ1) is 11.1. The van der Waals surface area contributed by atoms with Crippen LogP contribution in [0.3, 0.4) is 0 Å². The van der Waals surface area contributed by atoms with Gasteiger partial charge in [0, 0.05) is 12.6 Å². The van der Waals surface area contributed by atoms with Gasteiger partial charge in [0.2, 0.25) is 5.88 Å². The minimum Gasteiger partial charge on any atom is -0.475 e. The Morgan fingerprint density at radius 3 is 3.06 bits per heavy atom. The molecule has 1 fully saturated rings. The number of likely N-dealkylation sites (N-methyl/N-ethyl adjacent to an activating group) is 1. The molecule has 2 rings (SSSR count). The fourth-order valence-electron chi connectivity index (χ4n) is 1.48. The molecule has 0 aromatic carbocycles. The topological polar surface area (TPSA) is 76.3 Å². The van der Waals surface area contributed by atoms with Gasteiger partial charge in [0.25, 0.3) is 0 Å². The number of hydrogen-bond donors (Lipinski definition) is 2. The number of nitrogens with two attached hydrogens (primary N) is 1. The highest BCUT2D eigenvalue weighted by Crippen LogP contribution is 2.24. The maximum Gasteiger partial charge on any atom is 0.234 e. The molecule has 0 bridgehead atoms. The lowest BCUT2D eigenvalue weighted by Crippen LogP contribution is -2.26. The molecule has 0 saturated heterocycles. The van der Waals surface area contributed by atoms with Gasteiger partial charge in [-0.3, -0.25) is 4.98 Å². The monoisotopic (exact) mass is 223 g/mol. The molecule has 0 unspecified atom stereocenters. The lowest BCUT2D eigenvalue weighted by Gasteiger charge is -2.15. The molecule has 1 aromatic heterocycles. The van der Waals surface area contributed by atoms with Gasteiger partial charge < -0.3 is 15.1 Å². The van der Waals surface area contributed by atoms with Crippen molar-refractivity contribution in [3.63, 3.8) is 0 Å². The van der Waals surface area contributed by atoms with Gasteiger partial charge in [-0.2, -0.15) is 4.98 Å². The van der Waals surface area contributed by atoms with Crippen LogP contribution in [-0.2, 0) is 0 Å². The maximum atomic E-state index is 5.49. The number of nitrogens with zero attached hydrogens (tertiary/aromatic N) is 3. The molecule has 0 spiro atoms. The predicted molar refractivity (Wildman–Crippen MR) is 61.0 cm³/mol. The molecule has 16 heavy (non-hydrogen) atoms. The van der Waals surface area contributed by atoms with Gasteiger partial charge in [0.1, 0.15) is 6.61 Å². The first-order valence-electron chi connectivity index (χ1n) is 5.41. The number of hydrogen-bond acceptors (Lipinski definition) is 6. The third-order valence-corrected chi connectivity index (χ3v) is 2.62. The van der Waals surface area contributed by atoms with E-state index in [1.165, 1.54) is 12.8 Å². The lowest BCUT2D eigenvalue weighted by molar-refractivity contribution is 0.226. The van der Waals surface area contributed by atoms with E-state index in [9.17, 15) is 0 Å². The van der Waals surface area contributed by atoms with Crippen molar-refractivity contribution in [2.75, 3.05) is 25.6 Å². The Morgan fingerprint density at radius 2 is 2.38 bits per heavy atom. The summed E-state index contributed by atoms with van der Waals surface area (Å²) < 4.78 is 5.49. The van der Waals surface area contributed by atoms with E-state index in [-0.39, 0.29) is 0 Å². The molecule has 6 nitrogen and oxygen atoms in total. The van der Waals surface area contributed by atoms with Gasteiger partial charge >= 0.3 is 0 Å². The summed E-state index contributed by atoms with van der Waals surface area (Å²) in [5.74, 6) is 6.23. The van der Waals surface area contributed by atoms with Gasteiger partial charge in [-0.15, -0.1) is 0 Å².